The molecule has 0 saturated carbocycles. The summed E-state index contributed by atoms with van der Waals surface area (Å²) in [7, 11) is -4.19. The van der Waals surface area contributed by atoms with Gasteiger partial charge < -0.3 is 10.2 Å². The highest BCUT2D eigenvalue weighted by molar-refractivity contribution is 7.90. The molecule has 1 N–H and O–H groups in total. The number of fused-ring (bicyclic) bond motifs is 1. The summed E-state index contributed by atoms with van der Waals surface area (Å²) < 4.78 is 26.5. The van der Waals surface area contributed by atoms with Crippen molar-refractivity contribution in [3.05, 3.63) is 63.6 Å². The van der Waals surface area contributed by atoms with E-state index >= 15 is 0 Å². The van der Waals surface area contributed by atoms with Crippen LogP contribution in [0.15, 0.2) is 47.4 Å². The van der Waals surface area contributed by atoms with Crippen LogP contribution in [-0.4, -0.2) is 54.0 Å². The van der Waals surface area contributed by atoms with E-state index in [1.54, 1.807) is 31.2 Å². The molecule has 3 amide bonds. The molecular weight excluding hydrogens is 513 g/mol. The Bertz CT molecular complexity index is 1250. The van der Waals surface area contributed by atoms with Gasteiger partial charge in [-0.3, -0.25) is 14.4 Å². The van der Waals surface area contributed by atoms with E-state index in [1.807, 2.05) is 13.8 Å². The van der Waals surface area contributed by atoms with Crippen molar-refractivity contribution in [3.8, 4) is 0 Å². The second-order valence-electron chi connectivity index (χ2n) is 8.33. The van der Waals surface area contributed by atoms with Crippen molar-refractivity contribution in [2.24, 2.45) is 0 Å². The molecule has 3 rings (SSSR count). The van der Waals surface area contributed by atoms with Crippen LogP contribution in [0.3, 0.4) is 0 Å². The number of sulfonamides is 1. The number of hydrogen-bond acceptors (Lipinski definition) is 5. The highest BCUT2D eigenvalue weighted by atomic mass is 35.5. The number of hydrogen-bond donors (Lipinski definition) is 1. The van der Waals surface area contributed by atoms with E-state index in [9.17, 15) is 22.8 Å². The molecule has 0 unspecified atom stereocenters. The first-order chi connectivity index (χ1) is 16.5. The lowest BCUT2D eigenvalue weighted by Crippen LogP contribution is -2.53. The maximum atomic E-state index is 13.5. The van der Waals surface area contributed by atoms with Crippen LogP contribution in [0.5, 0.6) is 0 Å². The molecule has 1 aliphatic heterocycles. The van der Waals surface area contributed by atoms with Crippen molar-refractivity contribution < 1.29 is 22.8 Å². The van der Waals surface area contributed by atoms with Gasteiger partial charge in [0.15, 0.2) is 0 Å². The Kier molecular flexibility index (Phi) is 8.46. The van der Waals surface area contributed by atoms with Crippen LogP contribution < -0.4 is 5.32 Å². The van der Waals surface area contributed by atoms with Gasteiger partial charge in [-0.15, -0.1) is 0 Å². The summed E-state index contributed by atoms with van der Waals surface area (Å²) in [5, 5.41) is 3.49. The summed E-state index contributed by atoms with van der Waals surface area (Å²) in [5.74, 6) is -1.83. The van der Waals surface area contributed by atoms with Crippen molar-refractivity contribution in [1.82, 2.24) is 14.5 Å². The number of amides is 3. The van der Waals surface area contributed by atoms with Crippen LogP contribution in [0.1, 0.15) is 49.5 Å². The fraction of sp³-hybridized carbons (Fsp3) is 0.375. The molecular formula is C24H27Cl2N3O5S. The van der Waals surface area contributed by atoms with E-state index in [2.05, 4.69) is 5.32 Å². The molecule has 2 aromatic carbocycles. The van der Waals surface area contributed by atoms with Gasteiger partial charge in [0.05, 0.1) is 15.6 Å². The third kappa shape index (κ3) is 5.63. The van der Waals surface area contributed by atoms with Gasteiger partial charge in [-0.05, 0) is 49.6 Å². The Morgan fingerprint density at radius 3 is 2.34 bits per heavy atom. The molecule has 0 saturated heterocycles. The number of nitrogens with one attached hydrogen (secondary N) is 1. The molecule has 1 heterocycles. The van der Waals surface area contributed by atoms with Gasteiger partial charge in [0.1, 0.15) is 17.5 Å². The highest BCUT2D eigenvalue weighted by Gasteiger charge is 2.43. The average molecular weight is 540 g/mol. The molecule has 0 aliphatic carbocycles. The zero-order chi connectivity index (χ0) is 25.9. The molecule has 35 heavy (non-hydrogen) atoms. The van der Waals surface area contributed by atoms with Crippen molar-refractivity contribution in [1.29, 1.82) is 0 Å². The lowest BCUT2D eigenvalue weighted by Gasteiger charge is -2.32. The summed E-state index contributed by atoms with van der Waals surface area (Å²) in [4.78, 5) is 40.6. The summed E-state index contributed by atoms with van der Waals surface area (Å²) in [6, 6.07) is 9.61. The number of carbonyl (C=O) groups excluding carboxylic acids is 3. The van der Waals surface area contributed by atoms with Crippen molar-refractivity contribution >= 4 is 50.9 Å². The molecule has 2 atom stereocenters. The second kappa shape index (κ2) is 11.0. The maximum Gasteiger partial charge on any atom is 0.269 e. The van der Waals surface area contributed by atoms with E-state index in [1.165, 1.54) is 23.1 Å². The highest BCUT2D eigenvalue weighted by Crippen LogP contribution is 2.30. The smallest absolute Gasteiger partial charge is 0.269 e. The van der Waals surface area contributed by atoms with E-state index in [0.717, 1.165) is 0 Å². The van der Waals surface area contributed by atoms with Gasteiger partial charge in [0.2, 0.25) is 11.8 Å². The molecule has 8 nitrogen and oxygen atoms in total. The fourth-order valence-electron chi connectivity index (χ4n) is 3.80. The number of benzene rings is 2. The van der Waals surface area contributed by atoms with Crippen LogP contribution in [-0.2, 0) is 26.2 Å². The third-order valence-electron chi connectivity index (χ3n) is 5.91. The molecule has 188 valence electrons. The lowest BCUT2D eigenvalue weighted by atomic mass is 10.1. The van der Waals surface area contributed by atoms with Crippen molar-refractivity contribution in [3.63, 3.8) is 0 Å². The first-order valence-electron chi connectivity index (χ1n) is 11.2. The zero-order valence-electron chi connectivity index (χ0n) is 19.6. The monoisotopic (exact) mass is 539 g/mol. The first-order valence-corrected chi connectivity index (χ1v) is 13.4. The maximum absolute atomic E-state index is 13.5. The molecule has 0 radical (unpaired) electrons. The van der Waals surface area contributed by atoms with E-state index in [4.69, 9.17) is 23.2 Å². The lowest BCUT2D eigenvalue weighted by molar-refractivity contribution is -0.141. The van der Waals surface area contributed by atoms with Gasteiger partial charge in [0.25, 0.3) is 15.9 Å². The van der Waals surface area contributed by atoms with Crippen LogP contribution >= 0.6 is 23.2 Å². The minimum absolute atomic E-state index is 0.0119. The van der Waals surface area contributed by atoms with Crippen molar-refractivity contribution in [2.75, 3.05) is 6.54 Å². The average Bonchev–Trinajstić information content (AvgIpc) is 3.01. The predicted molar refractivity (Wildman–Crippen MR) is 134 cm³/mol. The zero-order valence-corrected chi connectivity index (χ0v) is 22.0. The molecule has 0 aromatic heterocycles. The second-order valence-corrected chi connectivity index (χ2v) is 11.0. The quantitative estimate of drug-likeness (QED) is 0.520. The Morgan fingerprint density at radius 1 is 1.06 bits per heavy atom. The van der Waals surface area contributed by atoms with Gasteiger partial charge in [0, 0.05) is 12.6 Å². The molecule has 1 aliphatic rings. The number of carbonyl (C=O) groups is 3. The summed E-state index contributed by atoms with van der Waals surface area (Å²) in [6.45, 7) is 4.76. The number of rotatable bonds is 9. The largest absolute Gasteiger partial charge is 0.352 e. The van der Waals surface area contributed by atoms with Crippen LogP contribution in [0.2, 0.25) is 10.0 Å². The Balaban J connectivity index is 1.94. The topological polar surface area (TPSA) is 104 Å². The Morgan fingerprint density at radius 2 is 1.74 bits per heavy atom. The minimum atomic E-state index is -4.19. The van der Waals surface area contributed by atoms with Crippen LogP contribution in [0.4, 0.5) is 0 Å². The van der Waals surface area contributed by atoms with Gasteiger partial charge in [-0.1, -0.05) is 55.2 Å². The fourth-order valence-corrected chi connectivity index (χ4v) is 5.64. The normalized spacial score (nSPS) is 15.9. The SMILES string of the molecule is CC[C@H](C(=O)N[C@@H](C)CC)N(Cc1ccc(Cl)c(Cl)c1)C(=O)CN1C(=O)c2ccccc2S1(=O)=O. The van der Waals surface area contributed by atoms with E-state index in [-0.39, 0.29) is 40.4 Å². The number of halogens is 2. The van der Waals surface area contributed by atoms with Gasteiger partial charge >= 0.3 is 0 Å². The van der Waals surface area contributed by atoms with Gasteiger partial charge in [-0.2, -0.15) is 0 Å². The van der Waals surface area contributed by atoms with Crippen molar-refractivity contribution in [2.45, 2.75) is 57.1 Å². The standard InChI is InChI=1S/C24H27Cl2N3O5S/c1-4-15(3)27-23(31)20(5-2)28(13-16-10-11-18(25)19(26)12-16)22(30)14-29-24(32)17-8-6-7-9-21(17)35(29,33)34/h6-12,15,20H,4-5,13-14H2,1-3H3,(H,27,31)/t15-,20+/m0/s1. The molecule has 0 fully saturated rings. The minimum Gasteiger partial charge on any atom is -0.352 e. The summed E-state index contributed by atoms with van der Waals surface area (Å²) in [6.07, 6.45) is 0.970. The summed E-state index contributed by atoms with van der Waals surface area (Å²) in [5.41, 5.74) is 0.610. The third-order valence-corrected chi connectivity index (χ3v) is 8.44. The van der Waals surface area contributed by atoms with E-state index in [0.29, 0.717) is 21.3 Å². The van der Waals surface area contributed by atoms with Crippen LogP contribution in [0, 0.1) is 0 Å². The Labute approximate surface area is 215 Å². The molecule has 11 heteroatoms. The Hall–Kier alpha value is -2.62. The van der Waals surface area contributed by atoms with Gasteiger partial charge in [-0.25, -0.2) is 12.7 Å². The van der Waals surface area contributed by atoms with E-state index < -0.39 is 34.4 Å². The molecule has 2 aromatic rings. The number of nitrogens with zero attached hydrogens (tertiary/aromatic N) is 2. The summed E-state index contributed by atoms with van der Waals surface area (Å²) >= 11 is 12.2. The molecule has 0 bridgehead atoms. The molecule has 0 spiro atoms. The predicted octanol–water partition coefficient (Wildman–Crippen LogP) is 3.86. The van der Waals surface area contributed by atoms with Crippen LogP contribution in [0.25, 0.3) is 0 Å². The first kappa shape index (κ1) is 27.0.